The van der Waals surface area contributed by atoms with Gasteiger partial charge in [0.1, 0.15) is 0 Å². The Kier molecular flexibility index (Phi) is 24.8. The van der Waals surface area contributed by atoms with Gasteiger partial charge in [-0.25, -0.2) is 4.99 Å². The summed E-state index contributed by atoms with van der Waals surface area (Å²) in [5.74, 6) is 1.08. The van der Waals surface area contributed by atoms with E-state index in [1.165, 1.54) is 37.0 Å². The molecule has 5 aromatic rings. The fourth-order valence-corrected chi connectivity index (χ4v) is 9.14. The molecule has 6 rings (SSSR count). The zero-order chi connectivity index (χ0) is 53.1. The van der Waals surface area contributed by atoms with Gasteiger partial charge < -0.3 is 45.2 Å². The number of ketones is 1. The largest absolute Gasteiger partial charge is 0.504 e. The van der Waals surface area contributed by atoms with Gasteiger partial charge >= 0.3 is 0 Å². The molecule has 0 bridgehead atoms. The van der Waals surface area contributed by atoms with Crippen molar-refractivity contribution in [3.8, 4) is 17.2 Å². The molecule has 0 aromatic heterocycles. The third-order valence-corrected chi connectivity index (χ3v) is 12.8. The van der Waals surface area contributed by atoms with Crippen LogP contribution in [0.25, 0.3) is 0 Å². The van der Waals surface area contributed by atoms with Crippen LogP contribution in [0.5, 0.6) is 17.2 Å². The summed E-state index contributed by atoms with van der Waals surface area (Å²) in [7, 11) is 3.01. The summed E-state index contributed by atoms with van der Waals surface area (Å²) in [6.45, 7) is 32.3. The molecule has 1 aliphatic rings. The molecule has 73 heavy (non-hydrogen) atoms. The first kappa shape index (κ1) is 60.7. The summed E-state index contributed by atoms with van der Waals surface area (Å²) < 4.78 is 9.82. The summed E-state index contributed by atoms with van der Waals surface area (Å²) in [6.07, 6.45) is 3.15. The van der Waals surface area contributed by atoms with Gasteiger partial charge in [0.25, 0.3) is 0 Å². The molecule has 0 fully saturated rings. The monoisotopic (exact) mass is 1020 g/mol. The number of para-hydroxylation sites is 1. The zero-order valence-electron chi connectivity index (χ0n) is 46.5. The Hall–Kier alpha value is -6.59. The lowest BCUT2D eigenvalue weighted by atomic mass is 9.87. The number of phenols is 1. The Morgan fingerprint density at radius 1 is 0.589 bits per heavy atom. The Morgan fingerprint density at radius 3 is 1.40 bits per heavy atom. The molecule has 396 valence electrons. The van der Waals surface area contributed by atoms with Crippen molar-refractivity contribution in [3.63, 3.8) is 0 Å². The van der Waals surface area contributed by atoms with Crippen LogP contribution in [0.3, 0.4) is 0 Å². The fraction of sp³-hybridized carbons (Fsp3) is 0.410. The van der Waals surface area contributed by atoms with Crippen molar-refractivity contribution >= 4 is 63.7 Å². The minimum absolute atomic E-state index is 0. The van der Waals surface area contributed by atoms with Crippen LogP contribution in [-0.2, 0) is 11.2 Å². The number of methoxy groups -OCH3 is 2. The maximum absolute atomic E-state index is 14.1. The molecule has 0 amide bonds. The molecular formula is C61H86ClN7O4. The highest BCUT2D eigenvalue weighted by Gasteiger charge is 2.27. The number of benzene rings is 5. The number of hydrogen-bond acceptors (Lipinski definition) is 11. The first-order chi connectivity index (χ1) is 34.4. The number of Topliss-reactive ketones (excluding diaryl/α,β-unsaturated/α-hetero) is 1. The number of nitrogens with two attached hydrogens (primary N) is 1. The Morgan fingerprint density at radius 2 is 1.01 bits per heavy atom. The van der Waals surface area contributed by atoms with E-state index >= 15 is 0 Å². The van der Waals surface area contributed by atoms with Gasteiger partial charge in [0.15, 0.2) is 17.3 Å². The van der Waals surface area contributed by atoms with E-state index in [1.54, 1.807) is 18.2 Å². The van der Waals surface area contributed by atoms with Crippen molar-refractivity contribution in [1.29, 1.82) is 0 Å². The van der Waals surface area contributed by atoms with Crippen molar-refractivity contribution in [1.82, 2.24) is 0 Å². The summed E-state index contributed by atoms with van der Waals surface area (Å²) in [5, 5.41) is 12.8. The topological polar surface area (TPSA) is 119 Å². The average Bonchev–Trinajstić information content (AvgIpc) is 3.36. The van der Waals surface area contributed by atoms with E-state index in [1.807, 2.05) is 18.2 Å². The number of nitrogens with zero attached hydrogens (tertiary/aromatic N) is 5. The standard InChI is InChI=1S/C42H57N5O.C11H18N2.C8H10O3.ClH/c1-11-39-41(44-35-19-25-38(26-20-35)47(14-4)31(9)10)40(43-34-17-23-37(24-18-34)46(13-3)30(7)8)28-33(42(39)48)27-32-15-21-36(22-16-32)45(12-2)29(5)6;1-4-13(9(2)3)11-7-5-10(12)6-8-11;1-10-7-5-3-4-6(9)8(7)11-2;/h15-26,28-31,44H,11-14,27H2,1-10H3;5-9H,4,12H2,1-3H3;3-5,9H,1-2H3;1H. The summed E-state index contributed by atoms with van der Waals surface area (Å²) in [6, 6.07) is 40.3. The third-order valence-electron chi connectivity index (χ3n) is 12.8. The molecule has 0 aliphatic heterocycles. The summed E-state index contributed by atoms with van der Waals surface area (Å²) >= 11 is 0. The highest BCUT2D eigenvalue weighted by Crippen LogP contribution is 2.35. The number of allylic oxidation sites excluding steroid dienone is 3. The second-order valence-electron chi connectivity index (χ2n) is 18.9. The minimum atomic E-state index is 0. The molecule has 0 unspecified atom stereocenters. The molecule has 0 saturated heterocycles. The zero-order valence-corrected chi connectivity index (χ0v) is 47.3. The fourth-order valence-electron chi connectivity index (χ4n) is 9.14. The van der Waals surface area contributed by atoms with E-state index in [-0.39, 0.29) is 23.9 Å². The highest BCUT2D eigenvalue weighted by atomic mass is 35.5. The Labute approximate surface area is 445 Å². The van der Waals surface area contributed by atoms with Gasteiger partial charge in [0.05, 0.1) is 31.3 Å². The predicted molar refractivity (Wildman–Crippen MR) is 316 cm³/mol. The number of anilines is 6. The molecule has 12 heteroatoms. The van der Waals surface area contributed by atoms with Gasteiger partial charge in [0.2, 0.25) is 5.75 Å². The highest BCUT2D eigenvalue weighted by molar-refractivity contribution is 6.26. The van der Waals surface area contributed by atoms with Crippen molar-refractivity contribution < 1.29 is 19.4 Å². The van der Waals surface area contributed by atoms with E-state index < -0.39 is 0 Å². The normalized spacial score (nSPS) is 12.7. The summed E-state index contributed by atoms with van der Waals surface area (Å²) in [5.41, 5.74) is 17.2. The number of ether oxygens (including phenoxy) is 2. The molecule has 0 heterocycles. The number of hydrogen-bond donors (Lipinski definition) is 3. The molecule has 0 radical (unpaired) electrons. The van der Waals surface area contributed by atoms with Gasteiger partial charge in [-0.3, -0.25) is 4.79 Å². The second kappa shape index (κ2) is 29.8. The molecule has 0 saturated carbocycles. The molecule has 4 N–H and O–H groups in total. The first-order valence-corrected chi connectivity index (χ1v) is 25.9. The summed E-state index contributed by atoms with van der Waals surface area (Å²) in [4.78, 5) is 28.7. The SMILES string of the molecule is CCC1=C(Nc2ccc(N(CC)C(C)C)cc2)C(=Nc2ccc(N(CC)C(C)C)cc2)C=C(Cc2ccc(N(CC)C(C)C)cc2)C1=O.CCN(c1ccc(N)cc1)C(C)C.COc1cccc(O)c1OC.Cl. The van der Waals surface area contributed by atoms with Crippen LogP contribution in [0.2, 0.25) is 0 Å². The number of phenolic OH excluding ortho intramolecular Hbond substituents is 1. The smallest absolute Gasteiger partial charge is 0.203 e. The van der Waals surface area contributed by atoms with Crippen LogP contribution in [-0.4, -0.2) is 81.2 Å². The van der Waals surface area contributed by atoms with Crippen LogP contribution in [0.1, 0.15) is 102 Å². The van der Waals surface area contributed by atoms with Crippen LogP contribution in [0.15, 0.2) is 143 Å². The predicted octanol–water partition coefficient (Wildman–Crippen LogP) is 14.3. The second-order valence-corrected chi connectivity index (χ2v) is 18.9. The van der Waals surface area contributed by atoms with Gasteiger partial charge in [-0.1, -0.05) is 25.1 Å². The quantitative estimate of drug-likeness (QED) is 0.0514. The maximum atomic E-state index is 14.1. The van der Waals surface area contributed by atoms with E-state index in [9.17, 15) is 9.90 Å². The van der Waals surface area contributed by atoms with Gasteiger partial charge in [-0.05, 0) is 198 Å². The lowest BCUT2D eigenvalue weighted by Gasteiger charge is -2.28. The lowest BCUT2D eigenvalue weighted by Crippen LogP contribution is -2.30. The number of carbonyl (C=O) groups excluding carboxylic acids is 1. The number of aliphatic imine (C=N–C) groups is 1. The Balaban J connectivity index is 0.000000456. The third kappa shape index (κ3) is 16.7. The van der Waals surface area contributed by atoms with Crippen molar-refractivity contribution in [2.45, 2.75) is 127 Å². The maximum Gasteiger partial charge on any atom is 0.203 e. The molecule has 1 aliphatic carbocycles. The van der Waals surface area contributed by atoms with E-state index in [0.717, 1.165) is 71.4 Å². The van der Waals surface area contributed by atoms with Crippen LogP contribution >= 0.6 is 12.4 Å². The first-order valence-electron chi connectivity index (χ1n) is 25.9. The molecule has 5 aromatic carbocycles. The average molecular weight is 1020 g/mol. The number of nitrogen functional groups attached to an aromatic ring is 1. The Bertz CT molecular complexity index is 2540. The molecular weight excluding hydrogens is 930 g/mol. The molecule has 0 spiro atoms. The van der Waals surface area contributed by atoms with Crippen LogP contribution < -0.4 is 40.1 Å². The van der Waals surface area contributed by atoms with Crippen LogP contribution in [0.4, 0.5) is 39.8 Å². The minimum Gasteiger partial charge on any atom is -0.504 e. The number of nitrogens with one attached hydrogen (secondary N) is 1. The number of carbonyl (C=O) groups is 1. The van der Waals surface area contributed by atoms with Crippen molar-refractivity contribution in [3.05, 3.63) is 144 Å². The van der Waals surface area contributed by atoms with E-state index in [0.29, 0.717) is 48.5 Å². The van der Waals surface area contributed by atoms with E-state index in [2.05, 4.69) is 200 Å². The van der Waals surface area contributed by atoms with Gasteiger partial charge in [-0.15, -0.1) is 12.4 Å². The number of aromatic hydroxyl groups is 1. The van der Waals surface area contributed by atoms with Crippen LogP contribution in [0, 0.1) is 0 Å². The van der Waals surface area contributed by atoms with Crippen molar-refractivity contribution in [2.24, 2.45) is 4.99 Å². The van der Waals surface area contributed by atoms with Gasteiger partial charge in [-0.2, -0.15) is 0 Å². The number of halogens is 1. The van der Waals surface area contributed by atoms with E-state index in [4.69, 9.17) is 20.2 Å². The van der Waals surface area contributed by atoms with Gasteiger partial charge in [0, 0.05) is 102 Å². The lowest BCUT2D eigenvalue weighted by molar-refractivity contribution is -0.112. The van der Waals surface area contributed by atoms with Crippen molar-refractivity contribution in [2.75, 3.05) is 71.0 Å². The molecule has 11 nitrogen and oxygen atoms in total. The number of rotatable bonds is 20. The molecule has 0 atom stereocenters.